The van der Waals surface area contributed by atoms with E-state index < -0.39 is 0 Å². The lowest BCUT2D eigenvalue weighted by Crippen LogP contribution is -1.92. The first kappa shape index (κ1) is 10.4. The number of allylic oxidation sites excluding steroid dienone is 1. The fraction of sp³-hybridized carbons (Fsp3) is 0.250. The number of halogens is 1. The van der Waals surface area contributed by atoms with E-state index in [0.717, 1.165) is 27.1 Å². The second-order valence-corrected chi connectivity index (χ2v) is 4.78. The van der Waals surface area contributed by atoms with Crippen LogP contribution in [-0.4, -0.2) is 9.38 Å². The molecule has 0 aromatic carbocycles. The van der Waals surface area contributed by atoms with Gasteiger partial charge in [0.25, 0.3) is 0 Å². The number of pyridine rings is 1. The highest BCUT2D eigenvalue weighted by atomic mass is 79.9. The Kier molecular flexibility index (Phi) is 2.43. The zero-order valence-electron chi connectivity index (χ0n) is 9.13. The van der Waals surface area contributed by atoms with Gasteiger partial charge in [0.1, 0.15) is 5.65 Å². The number of hydrogen-bond donors (Lipinski definition) is 0. The Bertz CT molecular complexity index is 552. The number of imidazole rings is 1. The molecule has 78 valence electrons. The molecule has 0 aliphatic rings. The first-order valence-electron chi connectivity index (χ1n) is 4.81. The van der Waals surface area contributed by atoms with Crippen molar-refractivity contribution in [1.29, 1.82) is 0 Å². The Morgan fingerprint density at radius 1 is 1.47 bits per heavy atom. The molecule has 0 unspecified atom stereocenters. The number of nitrogens with zero attached hydrogens (tertiary/aromatic N) is 2. The van der Waals surface area contributed by atoms with Gasteiger partial charge in [-0.25, -0.2) is 4.98 Å². The molecule has 2 rings (SSSR count). The van der Waals surface area contributed by atoms with E-state index in [-0.39, 0.29) is 0 Å². The van der Waals surface area contributed by atoms with Crippen molar-refractivity contribution in [1.82, 2.24) is 9.38 Å². The standard InChI is InChI=1S/C12H13BrN2/c1-7(2)11-9(4)14-12-8(3)5-10(13)6-15(11)12/h5-6H,1H2,2-4H3. The van der Waals surface area contributed by atoms with Gasteiger partial charge in [-0.1, -0.05) is 6.58 Å². The fourth-order valence-corrected chi connectivity index (χ4v) is 2.44. The fourth-order valence-electron chi connectivity index (χ4n) is 1.90. The zero-order chi connectivity index (χ0) is 11.2. The van der Waals surface area contributed by atoms with Crippen LogP contribution >= 0.6 is 15.9 Å². The average molecular weight is 265 g/mol. The second kappa shape index (κ2) is 3.49. The normalized spacial score (nSPS) is 10.9. The lowest BCUT2D eigenvalue weighted by Gasteiger charge is -2.04. The molecular weight excluding hydrogens is 252 g/mol. The molecule has 0 aliphatic heterocycles. The van der Waals surface area contributed by atoms with Crippen LogP contribution in [0.3, 0.4) is 0 Å². The van der Waals surface area contributed by atoms with E-state index in [1.54, 1.807) is 0 Å². The van der Waals surface area contributed by atoms with E-state index in [4.69, 9.17) is 0 Å². The molecule has 2 aromatic heterocycles. The van der Waals surface area contributed by atoms with Crippen LogP contribution < -0.4 is 0 Å². The van der Waals surface area contributed by atoms with Crippen molar-refractivity contribution in [2.45, 2.75) is 20.8 Å². The molecule has 0 fully saturated rings. The molecule has 2 aromatic rings. The van der Waals surface area contributed by atoms with E-state index in [2.05, 4.69) is 44.9 Å². The minimum Gasteiger partial charge on any atom is -0.298 e. The van der Waals surface area contributed by atoms with E-state index in [1.165, 1.54) is 5.56 Å². The molecule has 0 spiro atoms. The maximum Gasteiger partial charge on any atom is 0.140 e. The van der Waals surface area contributed by atoms with Crippen molar-refractivity contribution < 1.29 is 0 Å². The van der Waals surface area contributed by atoms with Crippen LogP contribution in [0.1, 0.15) is 23.9 Å². The van der Waals surface area contributed by atoms with Crippen molar-refractivity contribution in [3.8, 4) is 0 Å². The van der Waals surface area contributed by atoms with Gasteiger partial charge >= 0.3 is 0 Å². The van der Waals surface area contributed by atoms with Crippen molar-refractivity contribution in [3.05, 3.63) is 40.3 Å². The predicted octanol–water partition coefficient (Wildman–Crippen LogP) is 3.75. The van der Waals surface area contributed by atoms with Gasteiger partial charge in [-0.05, 0) is 53.9 Å². The van der Waals surface area contributed by atoms with Gasteiger partial charge in [0.2, 0.25) is 0 Å². The Balaban J connectivity index is 2.93. The second-order valence-electron chi connectivity index (χ2n) is 3.86. The summed E-state index contributed by atoms with van der Waals surface area (Å²) in [7, 11) is 0. The van der Waals surface area contributed by atoms with Gasteiger partial charge in [-0.15, -0.1) is 0 Å². The maximum atomic E-state index is 4.56. The minimum absolute atomic E-state index is 1.01. The SMILES string of the molecule is C=C(C)c1c(C)nc2c(C)cc(Br)cn12. The number of hydrogen-bond acceptors (Lipinski definition) is 1. The van der Waals surface area contributed by atoms with Gasteiger partial charge < -0.3 is 0 Å². The molecule has 2 nitrogen and oxygen atoms in total. The third-order valence-electron chi connectivity index (χ3n) is 2.45. The molecule has 15 heavy (non-hydrogen) atoms. The van der Waals surface area contributed by atoms with Gasteiger partial charge in [-0.3, -0.25) is 4.40 Å². The van der Waals surface area contributed by atoms with Crippen LogP contribution in [0.4, 0.5) is 0 Å². The average Bonchev–Trinajstić information content (AvgIpc) is 2.41. The smallest absolute Gasteiger partial charge is 0.140 e. The summed E-state index contributed by atoms with van der Waals surface area (Å²) in [5.41, 5.74) is 5.35. The monoisotopic (exact) mass is 264 g/mol. The molecule has 0 bridgehead atoms. The van der Waals surface area contributed by atoms with Crippen LogP contribution in [0, 0.1) is 13.8 Å². The largest absolute Gasteiger partial charge is 0.298 e. The van der Waals surface area contributed by atoms with Crippen molar-refractivity contribution >= 4 is 27.2 Å². The van der Waals surface area contributed by atoms with Crippen LogP contribution in [-0.2, 0) is 0 Å². The summed E-state index contributed by atoms with van der Waals surface area (Å²) in [5.74, 6) is 0. The van der Waals surface area contributed by atoms with Gasteiger partial charge in [0, 0.05) is 10.7 Å². The summed E-state index contributed by atoms with van der Waals surface area (Å²) in [6, 6.07) is 2.07. The third-order valence-corrected chi connectivity index (χ3v) is 2.88. The van der Waals surface area contributed by atoms with Gasteiger partial charge in [0.15, 0.2) is 0 Å². The number of rotatable bonds is 1. The molecule has 0 radical (unpaired) electrons. The lowest BCUT2D eigenvalue weighted by molar-refractivity contribution is 1.12. The van der Waals surface area contributed by atoms with Crippen molar-refractivity contribution in [2.24, 2.45) is 0 Å². The quantitative estimate of drug-likeness (QED) is 0.767. The highest BCUT2D eigenvalue weighted by Gasteiger charge is 2.11. The van der Waals surface area contributed by atoms with E-state index >= 15 is 0 Å². The molecule has 0 saturated carbocycles. The van der Waals surface area contributed by atoms with E-state index in [0.29, 0.717) is 0 Å². The molecule has 0 atom stereocenters. The Hall–Kier alpha value is -1.09. The summed E-state index contributed by atoms with van der Waals surface area (Å²) in [5, 5.41) is 0. The molecule has 2 heterocycles. The highest BCUT2D eigenvalue weighted by molar-refractivity contribution is 9.10. The third kappa shape index (κ3) is 1.61. The summed E-state index contributed by atoms with van der Waals surface area (Å²) in [6.07, 6.45) is 2.03. The Labute approximate surface area is 97.8 Å². The molecule has 0 saturated heterocycles. The number of fused-ring (bicyclic) bond motifs is 1. The zero-order valence-corrected chi connectivity index (χ0v) is 10.7. The van der Waals surface area contributed by atoms with Gasteiger partial charge in [0.05, 0.1) is 11.4 Å². The lowest BCUT2D eigenvalue weighted by atomic mass is 10.2. The first-order valence-corrected chi connectivity index (χ1v) is 5.60. The summed E-state index contributed by atoms with van der Waals surface area (Å²) < 4.78 is 3.16. The summed E-state index contributed by atoms with van der Waals surface area (Å²) in [6.45, 7) is 10.1. The number of aryl methyl sites for hydroxylation is 2. The molecule has 0 amide bonds. The van der Waals surface area contributed by atoms with Crippen molar-refractivity contribution in [3.63, 3.8) is 0 Å². The molecule has 3 heteroatoms. The van der Waals surface area contributed by atoms with E-state index in [1.807, 2.05) is 20.0 Å². The molecular formula is C12H13BrN2. The van der Waals surface area contributed by atoms with Crippen molar-refractivity contribution in [2.75, 3.05) is 0 Å². The van der Waals surface area contributed by atoms with Crippen LogP contribution in [0.2, 0.25) is 0 Å². The Morgan fingerprint density at radius 2 is 2.13 bits per heavy atom. The minimum atomic E-state index is 1.01. The van der Waals surface area contributed by atoms with Crippen LogP contribution in [0.5, 0.6) is 0 Å². The highest BCUT2D eigenvalue weighted by Crippen LogP contribution is 2.23. The topological polar surface area (TPSA) is 17.3 Å². The molecule has 0 aliphatic carbocycles. The van der Waals surface area contributed by atoms with Crippen LogP contribution in [0.25, 0.3) is 11.2 Å². The summed E-state index contributed by atoms with van der Waals surface area (Å²) in [4.78, 5) is 4.56. The summed E-state index contributed by atoms with van der Waals surface area (Å²) >= 11 is 3.50. The maximum absolute atomic E-state index is 4.56. The predicted molar refractivity (Wildman–Crippen MR) is 67.1 cm³/mol. The van der Waals surface area contributed by atoms with Gasteiger partial charge in [-0.2, -0.15) is 0 Å². The van der Waals surface area contributed by atoms with E-state index in [9.17, 15) is 0 Å². The molecule has 0 N–H and O–H groups in total. The van der Waals surface area contributed by atoms with Crippen LogP contribution in [0.15, 0.2) is 23.3 Å². The Morgan fingerprint density at radius 3 is 2.73 bits per heavy atom. The first-order chi connectivity index (χ1) is 7.00. The number of aromatic nitrogens is 2.